The zero-order chi connectivity index (χ0) is 15.3. The minimum Gasteiger partial charge on any atom is -0.385 e. The third-order valence-electron chi connectivity index (χ3n) is 3.64. The summed E-state index contributed by atoms with van der Waals surface area (Å²) in [4.78, 5) is 0. The summed E-state index contributed by atoms with van der Waals surface area (Å²) in [6.07, 6.45) is 2.70. The Morgan fingerprint density at radius 3 is 1.80 bits per heavy atom. The maximum absolute atomic E-state index is 11.3. The predicted octanol–water partition coefficient (Wildman–Crippen LogP) is 5.16. The molecule has 0 fully saturated rings. The standard InChI is InChI=1S/C19H32O/c1-14(2)11-17-9-7-8-10-18(17)19(20,12-15(3)4)13-16(5)6/h7-10,14-16,20H,11-13H2,1-6H3. The molecule has 0 radical (unpaired) electrons. The van der Waals surface area contributed by atoms with E-state index in [0.29, 0.717) is 17.8 Å². The van der Waals surface area contributed by atoms with Crippen LogP contribution < -0.4 is 0 Å². The molecule has 1 aromatic carbocycles. The average Bonchev–Trinajstić information content (AvgIpc) is 2.26. The molecule has 0 aromatic heterocycles. The summed E-state index contributed by atoms with van der Waals surface area (Å²) < 4.78 is 0. The molecule has 0 bridgehead atoms. The molecular formula is C19H32O. The van der Waals surface area contributed by atoms with Gasteiger partial charge in [-0.25, -0.2) is 0 Å². The first-order chi connectivity index (χ1) is 9.24. The second-order valence-corrected chi connectivity index (χ2v) is 7.48. The van der Waals surface area contributed by atoms with Crippen molar-refractivity contribution < 1.29 is 5.11 Å². The molecule has 0 amide bonds. The second kappa shape index (κ2) is 7.26. The Labute approximate surface area is 125 Å². The molecule has 0 spiro atoms. The lowest BCUT2D eigenvalue weighted by molar-refractivity contribution is -0.00535. The Hall–Kier alpha value is -0.820. The molecule has 1 rings (SSSR count). The quantitative estimate of drug-likeness (QED) is 0.729. The largest absolute Gasteiger partial charge is 0.385 e. The van der Waals surface area contributed by atoms with Crippen molar-refractivity contribution in [2.45, 2.75) is 66.4 Å². The van der Waals surface area contributed by atoms with Crippen molar-refractivity contribution in [2.24, 2.45) is 17.8 Å². The fourth-order valence-corrected chi connectivity index (χ4v) is 3.25. The van der Waals surface area contributed by atoms with E-state index in [-0.39, 0.29) is 0 Å². The van der Waals surface area contributed by atoms with Gasteiger partial charge in [-0.2, -0.15) is 0 Å². The molecular weight excluding hydrogens is 244 g/mol. The topological polar surface area (TPSA) is 20.2 Å². The Morgan fingerprint density at radius 1 is 0.850 bits per heavy atom. The van der Waals surface area contributed by atoms with Gasteiger partial charge in [-0.3, -0.25) is 0 Å². The molecule has 1 N–H and O–H groups in total. The summed E-state index contributed by atoms with van der Waals surface area (Å²) in [5.74, 6) is 1.59. The van der Waals surface area contributed by atoms with Crippen LogP contribution in [0.15, 0.2) is 24.3 Å². The molecule has 0 aliphatic carbocycles. The molecule has 0 saturated carbocycles. The van der Waals surface area contributed by atoms with Crippen molar-refractivity contribution >= 4 is 0 Å². The van der Waals surface area contributed by atoms with Gasteiger partial charge >= 0.3 is 0 Å². The van der Waals surface area contributed by atoms with Crippen LogP contribution in [-0.4, -0.2) is 5.11 Å². The first kappa shape index (κ1) is 17.2. The van der Waals surface area contributed by atoms with Gasteiger partial charge in [-0.05, 0) is 48.1 Å². The average molecular weight is 276 g/mol. The summed E-state index contributed by atoms with van der Waals surface area (Å²) in [7, 11) is 0. The van der Waals surface area contributed by atoms with Crippen LogP contribution in [0.4, 0.5) is 0 Å². The fourth-order valence-electron chi connectivity index (χ4n) is 3.25. The van der Waals surface area contributed by atoms with Crippen molar-refractivity contribution in [2.75, 3.05) is 0 Å². The number of benzene rings is 1. The minimum atomic E-state index is -0.687. The van der Waals surface area contributed by atoms with E-state index in [9.17, 15) is 5.11 Å². The molecule has 0 atom stereocenters. The predicted molar refractivity (Wildman–Crippen MR) is 87.8 cm³/mol. The van der Waals surface area contributed by atoms with Crippen LogP contribution >= 0.6 is 0 Å². The second-order valence-electron chi connectivity index (χ2n) is 7.48. The van der Waals surface area contributed by atoms with E-state index >= 15 is 0 Å². The monoisotopic (exact) mass is 276 g/mol. The van der Waals surface area contributed by atoms with Gasteiger partial charge in [-0.1, -0.05) is 65.8 Å². The van der Waals surface area contributed by atoms with Gasteiger partial charge in [0.1, 0.15) is 0 Å². The highest BCUT2D eigenvalue weighted by Crippen LogP contribution is 2.37. The molecule has 0 unspecified atom stereocenters. The van der Waals surface area contributed by atoms with Gasteiger partial charge in [0.15, 0.2) is 0 Å². The first-order valence-corrected chi connectivity index (χ1v) is 8.05. The van der Waals surface area contributed by atoms with Gasteiger partial charge in [0, 0.05) is 0 Å². The molecule has 1 nitrogen and oxygen atoms in total. The minimum absolute atomic E-state index is 0.492. The molecule has 1 heteroatoms. The molecule has 1 aromatic rings. The van der Waals surface area contributed by atoms with E-state index in [0.717, 1.165) is 24.8 Å². The smallest absolute Gasteiger partial charge is 0.0904 e. The Morgan fingerprint density at radius 2 is 1.35 bits per heavy atom. The van der Waals surface area contributed by atoms with E-state index in [2.05, 4.69) is 65.8 Å². The number of hydrogen-bond acceptors (Lipinski definition) is 1. The maximum atomic E-state index is 11.3. The molecule has 20 heavy (non-hydrogen) atoms. The van der Waals surface area contributed by atoms with Crippen LogP contribution in [-0.2, 0) is 12.0 Å². The third-order valence-corrected chi connectivity index (χ3v) is 3.64. The van der Waals surface area contributed by atoms with Crippen molar-refractivity contribution in [3.05, 3.63) is 35.4 Å². The van der Waals surface area contributed by atoms with Gasteiger partial charge < -0.3 is 5.11 Å². The van der Waals surface area contributed by atoms with Crippen LogP contribution in [0.1, 0.15) is 65.5 Å². The van der Waals surface area contributed by atoms with Crippen molar-refractivity contribution in [1.29, 1.82) is 0 Å². The zero-order valence-corrected chi connectivity index (χ0v) is 14.1. The molecule has 0 saturated heterocycles. The van der Waals surface area contributed by atoms with E-state index in [1.54, 1.807) is 0 Å². The van der Waals surface area contributed by atoms with Crippen molar-refractivity contribution in [3.8, 4) is 0 Å². The lowest BCUT2D eigenvalue weighted by Gasteiger charge is -2.34. The summed E-state index contributed by atoms with van der Waals surface area (Å²) in [6, 6.07) is 8.46. The molecule has 0 aliphatic rings. The van der Waals surface area contributed by atoms with Crippen molar-refractivity contribution in [1.82, 2.24) is 0 Å². The highest BCUT2D eigenvalue weighted by Gasteiger charge is 2.32. The van der Waals surface area contributed by atoms with Crippen LogP contribution in [0.25, 0.3) is 0 Å². The molecule has 0 heterocycles. The van der Waals surface area contributed by atoms with Crippen LogP contribution in [0.2, 0.25) is 0 Å². The van der Waals surface area contributed by atoms with E-state index < -0.39 is 5.60 Å². The highest BCUT2D eigenvalue weighted by atomic mass is 16.3. The summed E-state index contributed by atoms with van der Waals surface area (Å²) in [5.41, 5.74) is 1.77. The number of rotatable bonds is 7. The SMILES string of the molecule is CC(C)Cc1ccccc1C(O)(CC(C)C)CC(C)C. The Bertz CT molecular complexity index is 394. The van der Waals surface area contributed by atoms with Crippen LogP contribution in [0.5, 0.6) is 0 Å². The summed E-state index contributed by atoms with van der Waals surface area (Å²) >= 11 is 0. The molecule has 0 aliphatic heterocycles. The van der Waals surface area contributed by atoms with Gasteiger partial charge in [-0.15, -0.1) is 0 Å². The third kappa shape index (κ3) is 4.94. The summed E-state index contributed by atoms with van der Waals surface area (Å²) in [5, 5.41) is 11.3. The first-order valence-electron chi connectivity index (χ1n) is 8.05. The Kier molecular flexibility index (Phi) is 6.26. The van der Waals surface area contributed by atoms with Crippen LogP contribution in [0, 0.1) is 17.8 Å². The highest BCUT2D eigenvalue weighted by molar-refractivity contribution is 5.33. The van der Waals surface area contributed by atoms with E-state index in [1.165, 1.54) is 5.56 Å². The lowest BCUT2D eigenvalue weighted by atomic mass is 9.77. The summed E-state index contributed by atoms with van der Waals surface area (Å²) in [6.45, 7) is 13.2. The van der Waals surface area contributed by atoms with Gasteiger partial charge in [0.25, 0.3) is 0 Å². The normalized spacial score (nSPS) is 12.7. The van der Waals surface area contributed by atoms with Gasteiger partial charge in [0.2, 0.25) is 0 Å². The van der Waals surface area contributed by atoms with E-state index in [1.807, 2.05) is 0 Å². The zero-order valence-electron chi connectivity index (χ0n) is 14.1. The maximum Gasteiger partial charge on any atom is 0.0904 e. The number of aliphatic hydroxyl groups is 1. The number of hydrogen-bond donors (Lipinski definition) is 1. The lowest BCUT2D eigenvalue weighted by Crippen LogP contribution is -2.31. The molecule has 114 valence electrons. The Balaban J connectivity index is 3.19. The van der Waals surface area contributed by atoms with Crippen molar-refractivity contribution in [3.63, 3.8) is 0 Å². The van der Waals surface area contributed by atoms with Crippen LogP contribution in [0.3, 0.4) is 0 Å². The van der Waals surface area contributed by atoms with Gasteiger partial charge in [0.05, 0.1) is 5.60 Å². The van der Waals surface area contributed by atoms with E-state index in [4.69, 9.17) is 0 Å². The fraction of sp³-hybridized carbons (Fsp3) is 0.684.